The number of rotatable bonds is 6. The fourth-order valence-electron chi connectivity index (χ4n) is 2.35. The van der Waals surface area contributed by atoms with E-state index in [2.05, 4.69) is 37.6 Å². The summed E-state index contributed by atoms with van der Waals surface area (Å²) in [6.07, 6.45) is 5.85. The predicted molar refractivity (Wildman–Crippen MR) is 71.7 cm³/mol. The van der Waals surface area contributed by atoms with Crippen LogP contribution in [0.15, 0.2) is 12.7 Å². The highest BCUT2D eigenvalue weighted by Gasteiger charge is 2.20. The van der Waals surface area contributed by atoms with Crippen LogP contribution in [0.1, 0.15) is 40.0 Å². The maximum atomic E-state index is 3.80. The van der Waals surface area contributed by atoms with Crippen LogP contribution in [0, 0.1) is 5.92 Å². The van der Waals surface area contributed by atoms with Gasteiger partial charge >= 0.3 is 0 Å². The second-order valence-corrected chi connectivity index (χ2v) is 5.20. The monoisotopic (exact) mass is 224 g/mol. The minimum Gasteiger partial charge on any atom is -0.311 e. The SMILES string of the molecule is C=CCN1CCC(NC(C)C(C)CC)CC1. The van der Waals surface area contributed by atoms with Gasteiger partial charge in [0, 0.05) is 18.6 Å². The lowest BCUT2D eigenvalue weighted by Gasteiger charge is -2.34. The standard InChI is InChI=1S/C14H28N2/c1-5-9-16-10-7-14(8-11-16)15-13(4)12(3)6-2/h5,12-15H,1,6-11H2,2-4H3. The van der Waals surface area contributed by atoms with Crippen LogP contribution in [-0.2, 0) is 0 Å². The number of nitrogens with one attached hydrogen (secondary N) is 1. The molecular weight excluding hydrogens is 196 g/mol. The molecule has 0 aromatic heterocycles. The van der Waals surface area contributed by atoms with Crippen molar-refractivity contribution in [3.8, 4) is 0 Å². The third-order valence-electron chi connectivity index (χ3n) is 3.97. The van der Waals surface area contributed by atoms with Gasteiger partial charge in [0.15, 0.2) is 0 Å². The number of hydrogen-bond donors (Lipinski definition) is 1. The third-order valence-corrected chi connectivity index (χ3v) is 3.97. The Hall–Kier alpha value is -0.340. The van der Waals surface area contributed by atoms with E-state index in [0.717, 1.165) is 18.5 Å². The molecule has 1 rings (SSSR count). The summed E-state index contributed by atoms with van der Waals surface area (Å²) in [5.41, 5.74) is 0. The molecule has 0 aromatic carbocycles. The van der Waals surface area contributed by atoms with Crippen molar-refractivity contribution in [3.05, 3.63) is 12.7 Å². The van der Waals surface area contributed by atoms with E-state index >= 15 is 0 Å². The Labute approximate surface area is 101 Å². The maximum Gasteiger partial charge on any atom is 0.0160 e. The summed E-state index contributed by atoms with van der Waals surface area (Å²) in [5, 5.41) is 3.78. The van der Waals surface area contributed by atoms with Gasteiger partial charge in [0.25, 0.3) is 0 Å². The topological polar surface area (TPSA) is 15.3 Å². The van der Waals surface area contributed by atoms with E-state index in [-0.39, 0.29) is 0 Å². The molecule has 2 unspecified atom stereocenters. The molecule has 2 heteroatoms. The van der Waals surface area contributed by atoms with E-state index in [1.54, 1.807) is 0 Å². The summed E-state index contributed by atoms with van der Waals surface area (Å²) >= 11 is 0. The van der Waals surface area contributed by atoms with Crippen LogP contribution in [0.25, 0.3) is 0 Å². The summed E-state index contributed by atoms with van der Waals surface area (Å²) in [4.78, 5) is 2.49. The molecule has 1 N–H and O–H groups in total. The van der Waals surface area contributed by atoms with Crippen LogP contribution < -0.4 is 5.32 Å². The molecule has 16 heavy (non-hydrogen) atoms. The minimum absolute atomic E-state index is 0.654. The Balaban J connectivity index is 2.23. The molecule has 0 amide bonds. The highest BCUT2D eigenvalue weighted by Crippen LogP contribution is 2.14. The van der Waals surface area contributed by atoms with Crippen molar-refractivity contribution in [3.63, 3.8) is 0 Å². The molecular formula is C14H28N2. The first-order valence-electron chi connectivity index (χ1n) is 6.76. The van der Waals surface area contributed by atoms with Gasteiger partial charge in [-0.2, -0.15) is 0 Å². The van der Waals surface area contributed by atoms with Gasteiger partial charge in [-0.05, 0) is 38.8 Å². The van der Waals surface area contributed by atoms with Crippen molar-refractivity contribution in [1.29, 1.82) is 0 Å². The van der Waals surface area contributed by atoms with Gasteiger partial charge in [-0.15, -0.1) is 6.58 Å². The summed E-state index contributed by atoms with van der Waals surface area (Å²) in [6.45, 7) is 14.2. The zero-order chi connectivity index (χ0) is 12.0. The molecule has 2 nitrogen and oxygen atoms in total. The Bertz CT molecular complexity index is 195. The average Bonchev–Trinajstić information content (AvgIpc) is 2.31. The van der Waals surface area contributed by atoms with Gasteiger partial charge in [-0.25, -0.2) is 0 Å². The van der Waals surface area contributed by atoms with Gasteiger partial charge in [0.05, 0.1) is 0 Å². The van der Waals surface area contributed by atoms with Gasteiger partial charge in [0.2, 0.25) is 0 Å². The largest absolute Gasteiger partial charge is 0.311 e. The fourth-order valence-corrected chi connectivity index (χ4v) is 2.35. The van der Waals surface area contributed by atoms with Gasteiger partial charge in [-0.3, -0.25) is 4.90 Å². The van der Waals surface area contributed by atoms with E-state index in [1.165, 1.54) is 32.4 Å². The quantitative estimate of drug-likeness (QED) is 0.698. The zero-order valence-electron chi connectivity index (χ0n) is 11.2. The van der Waals surface area contributed by atoms with Crippen LogP contribution in [0.4, 0.5) is 0 Å². The molecule has 1 heterocycles. The van der Waals surface area contributed by atoms with E-state index in [9.17, 15) is 0 Å². The Morgan fingerprint density at radius 3 is 2.50 bits per heavy atom. The lowest BCUT2D eigenvalue weighted by Crippen LogP contribution is -2.47. The van der Waals surface area contributed by atoms with Gasteiger partial charge < -0.3 is 5.32 Å². The van der Waals surface area contributed by atoms with Crippen molar-refractivity contribution in [1.82, 2.24) is 10.2 Å². The summed E-state index contributed by atoms with van der Waals surface area (Å²) < 4.78 is 0. The van der Waals surface area contributed by atoms with Crippen molar-refractivity contribution in [2.24, 2.45) is 5.92 Å². The molecule has 1 aliphatic rings. The second kappa shape index (κ2) is 7.08. The van der Waals surface area contributed by atoms with Gasteiger partial charge in [0.1, 0.15) is 0 Å². The van der Waals surface area contributed by atoms with Crippen LogP contribution >= 0.6 is 0 Å². The van der Waals surface area contributed by atoms with Crippen LogP contribution in [0.2, 0.25) is 0 Å². The van der Waals surface area contributed by atoms with Crippen molar-refractivity contribution >= 4 is 0 Å². The van der Waals surface area contributed by atoms with Gasteiger partial charge in [-0.1, -0.05) is 26.3 Å². The molecule has 1 aliphatic heterocycles. The molecule has 1 fully saturated rings. The molecule has 0 aromatic rings. The average molecular weight is 224 g/mol. The summed E-state index contributed by atoms with van der Waals surface area (Å²) in [5.74, 6) is 0.784. The lowest BCUT2D eigenvalue weighted by molar-refractivity contribution is 0.199. The van der Waals surface area contributed by atoms with Crippen molar-refractivity contribution in [2.75, 3.05) is 19.6 Å². The third kappa shape index (κ3) is 4.26. The van der Waals surface area contributed by atoms with E-state index in [4.69, 9.17) is 0 Å². The fraction of sp³-hybridized carbons (Fsp3) is 0.857. The maximum absolute atomic E-state index is 3.80. The first-order chi connectivity index (χ1) is 7.67. The molecule has 0 saturated carbocycles. The van der Waals surface area contributed by atoms with Crippen LogP contribution in [0.3, 0.4) is 0 Å². The molecule has 1 saturated heterocycles. The number of nitrogens with zero attached hydrogens (tertiary/aromatic N) is 1. The Morgan fingerprint density at radius 2 is 2.00 bits per heavy atom. The van der Waals surface area contributed by atoms with E-state index in [0.29, 0.717) is 6.04 Å². The molecule has 0 bridgehead atoms. The van der Waals surface area contributed by atoms with Crippen LogP contribution in [-0.4, -0.2) is 36.6 Å². The highest BCUT2D eigenvalue weighted by molar-refractivity contribution is 4.83. The first-order valence-corrected chi connectivity index (χ1v) is 6.76. The molecule has 94 valence electrons. The predicted octanol–water partition coefficient (Wildman–Crippen LogP) is 2.66. The number of hydrogen-bond acceptors (Lipinski definition) is 2. The van der Waals surface area contributed by atoms with Crippen molar-refractivity contribution < 1.29 is 0 Å². The molecule has 0 radical (unpaired) electrons. The normalized spacial score (nSPS) is 22.9. The smallest absolute Gasteiger partial charge is 0.0160 e. The highest BCUT2D eigenvalue weighted by atomic mass is 15.1. The number of piperidine rings is 1. The summed E-state index contributed by atoms with van der Waals surface area (Å²) in [7, 11) is 0. The molecule has 0 aliphatic carbocycles. The lowest BCUT2D eigenvalue weighted by atomic mass is 9.97. The zero-order valence-corrected chi connectivity index (χ0v) is 11.2. The molecule has 0 spiro atoms. The second-order valence-electron chi connectivity index (χ2n) is 5.20. The molecule has 2 atom stereocenters. The van der Waals surface area contributed by atoms with Crippen LogP contribution in [0.5, 0.6) is 0 Å². The first kappa shape index (κ1) is 13.7. The summed E-state index contributed by atoms with van der Waals surface area (Å²) in [6, 6.07) is 1.38. The Kier molecular flexibility index (Phi) is 6.07. The minimum atomic E-state index is 0.654. The van der Waals surface area contributed by atoms with Crippen molar-refractivity contribution in [2.45, 2.75) is 52.1 Å². The Morgan fingerprint density at radius 1 is 1.38 bits per heavy atom. The number of likely N-dealkylation sites (tertiary alicyclic amines) is 1. The van der Waals surface area contributed by atoms with E-state index in [1.807, 2.05) is 6.08 Å². The van der Waals surface area contributed by atoms with E-state index < -0.39 is 0 Å².